The lowest BCUT2D eigenvalue weighted by Gasteiger charge is -1.98. The first kappa shape index (κ1) is 8.01. The third kappa shape index (κ3) is 1.21. The van der Waals surface area contributed by atoms with Gasteiger partial charge in [0.2, 0.25) is 0 Å². The van der Waals surface area contributed by atoms with Crippen LogP contribution in [0.5, 0.6) is 0 Å². The van der Waals surface area contributed by atoms with Gasteiger partial charge in [0.15, 0.2) is 4.73 Å². The van der Waals surface area contributed by atoms with E-state index in [1.54, 1.807) is 11.3 Å². The molecule has 0 saturated carbocycles. The number of imidazole rings is 1. The quantitative estimate of drug-likeness (QED) is 0.752. The average Bonchev–Trinajstić information content (AvgIpc) is 2.64. The molecule has 0 saturated heterocycles. The van der Waals surface area contributed by atoms with Crippen LogP contribution in [-0.2, 0) is 7.05 Å². The Bertz CT molecular complexity index is 378. The van der Waals surface area contributed by atoms with Gasteiger partial charge >= 0.3 is 0 Å². The van der Waals surface area contributed by atoms with Crippen molar-refractivity contribution in [2.45, 2.75) is 0 Å². The van der Waals surface area contributed by atoms with Crippen molar-refractivity contribution in [2.75, 3.05) is 0 Å². The van der Waals surface area contributed by atoms with Crippen molar-refractivity contribution in [1.82, 2.24) is 9.55 Å². The number of hydrogen-bond acceptors (Lipinski definition) is 2. The van der Waals surface area contributed by atoms with E-state index in [2.05, 4.69) is 32.4 Å². The Labute approximate surface area is 83.0 Å². The monoisotopic (exact) mass is 242 g/mol. The van der Waals surface area contributed by atoms with Gasteiger partial charge in [0.1, 0.15) is 0 Å². The van der Waals surface area contributed by atoms with E-state index in [-0.39, 0.29) is 0 Å². The minimum absolute atomic E-state index is 0.867. The summed E-state index contributed by atoms with van der Waals surface area (Å²) in [5.74, 6) is 0. The lowest BCUT2D eigenvalue weighted by molar-refractivity contribution is 0.890. The maximum absolute atomic E-state index is 4.16. The van der Waals surface area contributed by atoms with Crippen molar-refractivity contribution < 1.29 is 0 Å². The maximum Gasteiger partial charge on any atom is 0.177 e. The molecule has 0 unspecified atom stereocenters. The standard InChI is InChI=1S/C8H7BrN2S/c1-11-6(5-10-8(11)9)7-3-2-4-12-7/h2-5H,1H3. The summed E-state index contributed by atoms with van der Waals surface area (Å²) in [4.78, 5) is 5.40. The second-order valence-electron chi connectivity index (χ2n) is 2.45. The fourth-order valence-corrected chi connectivity index (χ4v) is 2.10. The second-order valence-corrected chi connectivity index (χ2v) is 4.11. The Morgan fingerprint density at radius 2 is 2.42 bits per heavy atom. The molecule has 4 heteroatoms. The Balaban J connectivity index is 2.55. The fourth-order valence-electron chi connectivity index (χ4n) is 1.04. The summed E-state index contributed by atoms with van der Waals surface area (Å²) in [6.07, 6.45) is 1.87. The number of aromatic nitrogens is 2. The van der Waals surface area contributed by atoms with E-state index in [4.69, 9.17) is 0 Å². The minimum Gasteiger partial charge on any atom is -0.321 e. The van der Waals surface area contributed by atoms with Crippen molar-refractivity contribution in [3.63, 3.8) is 0 Å². The molecule has 0 fully saturated rings. The van der Waals surface area contributed by atoms with Crippen LogP contribution < -0.4 is 0 Å². The molecule has 2 nitrogen and oxygen atoms in total. The van der Waals surface area contributed by atoms with Crippen molar-refractivity contribution in [1.29, 1.82) is 0 Å². The predicted octanol–water partition coefficient (Wildman–Crippen LogP) is 2.91. The number of halogens is 1. The van der Waals surface area contributed by atoms with E-state index < -0.39 is 0 Å². The summed E-state index contributed by atoms with van der Waals surface area (Å²) in [5.41, 5.74) is 1.15. The predicted molar refractivity (Wildman–Crippen MR) is 54.2 cm³/mol. The van der Waals surface area contributed by atoms with Gasteiger partial charge in [-0.3, -0.25) is 0 Å². The van der Waals surface area contributed by atoms with Gasteiger partial charge in [-0.15, -0.1) is 11.3 Å². The maximum atomic E-state index is 4.16. The molecule has 0 aliphatic carbocycles. The first-order valence-corrected chi connectivity index (χ1v) is 5.17. The topological polar surface area (TPSA) is 17.8 Å². The van der Waals surface area contributed by atoms with Crippen LogP contribution in [0.3, 0.4) is 0 Å². The first-order chi connectivity index (χ1) is 5.79. The summed E-state index contributed by atoms with van der Waals surface area (Å²) in [5, 5.41) is 2.07. The van der Waals surface area contributed by atoms with E-state index >= 15 is 0 Å². The molecule has 2 aromatic rings. The molecule has 0 bridgehead atoms. The van der Waals surface area contributed by atoms with Gasteiger partial charge in [0.25, 0.3) is 0 Å². The molecule has 12 heavy (non-hydrogen) atoms. The lowest BCUT2D eigenvalue weighted by Crippen LogP contribution is -1.89. The zero-order valence-corrected chi connectivity index (χ0v) is 8.89. The fraction of sp³-hybridized carbons (Fsp3) is 0.125. The second kappa shape index (κ2) is 3.03. The summed E-state index contributed by atoms with van der Waals surface area (Å²) >= 11 is 5.08. The molecule has 2 heterocycles. The van der Waals surface area contributed by atoms with Crippen molar-refractivity contribution in [2.24, 2.45) is 7.05 Å². The van der Waals surface area contributed by atoms with Crippen LogP contribution in [0.4, 0.5) is 0 Å². The summed E-state index contributed by atoms with van der Waals surface area (Å²) in [6, 6.07) is 4.13. The van der Waals surface area contributed by atoms with Crippen LogP contribution in [0.15, 0.2) is 28.4 Å². The van der Waals surface area contributed by atoms with Crippen molar-refractivity contribution in [3.8, 4) is 10.6 Å². The Hall–Kier alpha value is -0.610. The Morgan fingerprint density at radius 1 is 1.58 bits per heavy atom. The van der Waals surface area contributed by atoms with Gasteiger partial charge in [-0.05, 0) is 27.4 Å². The summed E-state index contributed by atoms with van der Waals surface area (Å²) < 4.78 is 2.89. The molecule has 0 radical (unpaired) electrons. The Morgan fingerprint density at radius 3 is 2.92 bits per heavy atom. The van der Waals surface area contributed by atoms with Gasteiger partial charge < -0.3 is 4.57 Å². The van der Waals surface area contributed by atoms with Crippen LogP contribution in [-0.4, -0.2) is 9.55 Å². The van der Waals surface area contributed by atoms with Crippen molar-refractivity contribution >= 4 is 27.3 Å². The highest BCUT2D eigenvalue weighted by atomic mass is 79.9. The molecule has 0 atom stereocenters. The minimum atomic E-state index is 0.867. The molecule has 0 amide bonds. The van der Waals surface area contributed by atoms with Crippen LogP contribution in [0.1, 0.15) is 0 Å². The molecule has 2 rings (SSSR count). The van der Waals surface area contributed by atoms with Gasteiger partial charge in [-0.2, -0.15) is 0 Å². The number of rotatable bonds is 1. The van der Waals surface area contributed by atoms with E-state index in [0.717, 1.165) is 10.4 Å². The highest BCUT2D eigenvalue weighted by Crippen LogP contribution is 2.25. The average molecular weight is 243 g/mol. The third-order valence-electron chi connectivity index (χ3n) is 1.71. The zero-order valence-electron chi connectivity index (χ0n) is 6.49. The number of thiophene rings is 1. The summed E-state index contributed by atoms with van der Waals surface area (Å²) in [7, 11) is 1.99. The van der Waals surface area contributed by atoms with Crippen LogP contribution >= 0.6 is 27.3 Å². The smallest absolute Gasteiger partial charge is 0.177 e. The molecular formula is C8H7BrN2S. The SMILES string of the molecule is Cn1c(-c2cccs2)cnc1Br. The highest BCUT2D eigenvalue weighted by Gasteiger charge is 2.05. The van der Waals surface area contributed by atoms with Crippen LogP contribution in [0.2, 0.25) is 0 Å². The van der Waals surface area contributed by atoms with Gasteiger partial charge in [-0.25, -0.2) is 4.98 Å². The number of hydrogen-bond donors (Lipinski definition) is 0. The summed E-state index contributed by atoms with van der Waals surface area (Å²) in [6.45, 7) is 0. The lowest BCUT2D eigenvalue weighted by atomic mass is 10.4. The molecule has 62 valence electrons. The molecular weight excluding hydrogens is 236 g/mol. The zero-order chi connectivity index (χ0) is 8.55. The molecule has 0 aliphatic heterocycles. The van der Waals surface area contributed by atoms with Gasteiger partial charge in [0, 0.05) is 7.05 Å². The molecule has 2 aromatic heterocycles. The van der Waals surface area contributed by atoms with Crippen LogP contribution in [0.25, 0.3) is 10.6 Å². The van der Waals surface area contributed by atoms with E-state index in [0.29, 0.717) is 0 Å². The van der Waals surface area contributed by atoms with E-state index in [9.17, 15) is 0 Å². The molecule has 0 N–H and O–H groups in total. The normalized spacial score (nSPS) is 10.5. The first-order valence-electron chi connectivity index (χ1n) is 3.50. The van der Waals surface area contributed by atoms with E-state index in [1.165, 1.54) is 4.88 Å². The molecule has 0 aromatic carbocycles. The third-order valence-corrected chi connectivity index (χ3v) is 3.33. The molecule has 0 aliphatic rings. The van der Waals surface area contributed by atoms with Gasteiger partial charge in [0.05, 0.1) is 16.8 Å². The Kier molecular flexibility index (Phi) is 2.02. The number of nitrogens with zero attached hydrogens (tertiary/aromatic N) is 2. The highest BCUT2D eigenvalue weighted by molar-refractivity contribution is 9.10. The van der Waals surface area contributed by atoms with E-state index in [1.807, 2.05) is 23.9 Å². The van der Waals surface area contributed by atoms with Gasteiger partial charge in [-0.1, -0.05) is 6.07 Å². The van der Waals surface area contributed by atoms with Crippen molar-refractivity contribution in [3.05, 3.63) is 28.4 Å². The van der Waals surface area contributed by atoms with Crippen LogP contribution in [0, 0.1) is 0 Å². The molecule has 0 spiro atoms. The largest absolute Gasteiger partial charge is 0.321 e.